The first-order valence-electron chi connectivity index (χ1n) is 11.2. The van der Waals surface area contributed by atoms with Gasteiger partial charge in [-0.05, 0) is 66.4 Å². The number of ketones is 1. The molecule has 4 aromatic rings. The van der Waals surface area contributed by atoms with Crippen molar-refractivity contribution in [3.8, 4) is 16.3 Å². The number of nitrogens with one attached hydrogen (secondary N) is 1. The smallest absolute Gasteiger partial charge is 0.185 e. The van der Waals surface area contributed by atoms with E-state index in [9.17, 15) is 4.79 Å². The number of hydrogen-bond donors (Lipinski definition) is 1. The average molecular weight is 485 g/mol. The zero-order valence-corrected chi connectivity index (χ0v) is 20.4. The summed E-state index contributed by atoms with van der Waals surface area (Å²) in [5.74, 6) is -0.0465. The van der Waals surface area contributed by atoms with Crippen LogP contribution in [0.15, 0.2) is 89.4 Å². The molecular formula is C27H24N4OS2. The summed E-state index contributed by atoms with van der Waals surface area (Å²) >= 11 is 3.41. The number of benzene rings is 2. The third-order valence-corrected chi connectivity index (χ3v) is 7.67. The standard InChI is InChI=1S/C27H24N4OS2/c1-2-23-17-28-27(34-23)29-21-13-10-19(11-14-21)24(32)15-12-20-18-31(22-7-4-3-5-8-22)30-26(20)25-9-6-16-33-25/h3-16,18,23H,2,17H2,1H3,(H,28,29). The molecule has 7 heteroatoms. The van der Waals surface area contributed by atoms with Gasteiger partial charge in [-0.25, -0.2) is 4.68 Å². The van der Waals surface area contributed by atoms with Crippen LogP contribution in [-0.2, 0) is 0 Å². The summed E-state index contributed by atoms with van der Waals surface area (Å²) in [6.07, 6.45) is 6.54. The second-order valence-corrected chi connectivity index (χ2v) is 10.1. The third kappa shape index (κ3) is 5.05. The molecule has 1 unspecified atom stereocenters. The molecule has 3 heterocycles. The van der Waals surface area contributed by atoms with Gasteiger partial charge in [-0.15, -0.1) is 11.3 Å². The van der Waals surface area contributed by atoms with E-state index in [1.165, 1.54) is 0 Å². The highest BCUT2D eigenvalue weighted by molar-refractivity contribution is 8.15. The number of thiophene rings is 1. The summed E-state index contributed by atoms with van der Waals surface area (Å²) in [5, 5.41) is 11.7. The molecule has 2 aromatic carbocycles. The van der Waals surface area contributed by atoms with Gasteiger partial charge in [-0.3, -0.25) is 9.79 Å². The number of rotatable bonds is 7. The second-order valence-electron chi connectivity index (χ2n) is 7.88. The van der Waals surface area contributed by atoms with E-state index < -0.39 is 0 Å². The van der Waals surface area contributed by atoms with E-state index in [1.54, 1.807) is 29.2 Å². The topological polar surface area (TPSA) is 59.3 Å². The van der Waals surface area contributed by atoms with Crippen molar-refractivity contribution in [1.82, 2.24) is 9.78 Å². The van der Waals surface area contributed by atoms with Gasteiger partial charge < -0.3 is 5.32 Å². The monoisotopic (exact) mass is 484 g/mol. The lowest BCUT2D eigenvalue weighted by atomic mass is 10.1. The molecule has 0 fully saturated rings. The van der Waals surface area contributed by atoms with Crippen LogP contribution in [0.3, 0.4) is 0 Å². The highest BCUT2D eigenvalue weighted by Crippen LogP contribution is 2.29. The van der Waals surface area contributed by atoms with E-state index in [-0.39, 0.29) is 5.78 Å². The molecule has 0 bridgehead atoms. The van der Waals surface area contributed by atoms with Crippen molar-refractivity contribution in [3.05, 3.63) is 95.5 Å². The van der Waals surface area contributed by atoms with Crippen LogP contribution < -0.4 is 5.32 Å². The van der Waals surface area contributed by atoms with Gasteiger partial charge in [0.2, 0.25) is 0 Å². The van der Waals surface area contributed by atoms with Crippen LogP contribution in [0.2, 0.25) is 0 Å². The molecule has 0 radical (unpaired) electrons. The number of nitrogens with zero attached hydrogens (tertiary/aromatic N) is 3. The molecule has 1 N–H and O–H groups in total. The van der Waals surface area contributed by atoms with Crippen molar-refractivity contribution in [3.63, 3.8) is 0 Å². The summed E-state index contributed by atoms with van der Waals surface area (Å²) in [5.41, 5.74) is 4.32. The maximum absolute atomic E-state index is 12.9. The van der Waals surface area contributed by atoms with Crippen LogP contribution in [-0.4, -0.2) is 32.5 Å². The molecule has 0 amide bonds. The van der Waals surface area contributed by atoms with Gasteiger partial charge in [0.05, 0.1) is 17.1 Å². The predicted molar refractivity (Wildman–Crippen MR) is 144 cm³/mol. The molecule has 34 heavy (non-hydrogen) atoms. The molecule has 0 spiro atoms. The molecule has 1 aliphatic rings. The lowest BCUT2D eigenvalue weighted by Crippen LogP contribution is -2.07. The lowest BCUT2D eigenvalue weighted by Gasteiger charge is -2.07. The van der Waals surface area contributed by atoms with Gasteiger partial charge in [0.25, 0.3) is 0 Å². The lowest BCUT2D eigenvalue weighted by molar-refractivity contribution is 0.104. The predicted octanol–water partition coefficient (Wildman–Crippen LogP) is 6.79. The van der Waals surface area contributed by atoms with Crippen LogP contribution in [0.5, 0.6) is 0 Å². The molecule has 2 aromatic heterocycles. The molecule has 170 valence electrons. The van der Waals surface area contributed by atoms with E-state index in [1.807, 2.05) is 89.1 Å². The zero-order chi connectivity index (χ0) is 23.3. The number of hydrogen-bond acceptors (Lipinski definition) is 6. The second kappa shape index (κ2) is 10.2. The fourth-order valence-electron chi connectivity index (χ4n) is 3.63. The van der Waals surface area contributed by atoms with Crippen molar-refractivity contribution in [1.29, 1.82) is 0 Å². The number of amidine groups is 1. The third-order valence-electron chi connectivity index (χ3n) is 5.52. The highest BCUT2D eigenvalue weighted by atomic mass is 32.2. The fourth-order valence-corrected chi connectivity index (χ4v) is 5.32. The van der Waals surface area contributed by atoms with Crippen molar-refractivity contribution >= 4 is 45.8 Å². The molecule has 1 aliphatic heterocycles. The SMILES string of the molecule is CCC1CN=C(Nc2ccc(C(=O)C=Cc3cn(-c4ccccc4)nc3-c3cccs3)cc2)S1. The highest BCUT2D eigenvalue weighted by Gasteiger charge is 2.17. The van der Waals surface area contributed by atoms with Crippen molar-refractivity contribution in [2.45, 2.75) is 18.6 Å². The number of aromatic nitrogens is 2. The Morgan fingerprint density at radius 2 is 1.94 bits per heavy atom. The van der Waals surface area contributed by atoms with Crippen molar-refractivity contribution in [2.24, 2.45) is 4.99 Å². The number of carbonyl (C=O) groups is 1. The Labute approximate surface area is 207 Å². The molecule has 0 aliphatic carbocycles. The zero-order valence-electron chi connectivity index (χ0n) is 18.7. The van der Waals surface area contributed by atoms with E-state index >= 15 is 0 Å². The van der Waals surface area contributed by atoms with Crippen LogP contribution in [0, 0.1) is 0 Å². The van der Waals surface area contributed by atoms with E-state index in [2.05, 4.69) is 17.2 Å². The number of carbonyl (C=O) groups excluding carboxylic acids is 1. The van der Waals surface area contributed by atoms with E-state index in [4.69, 9.17) is 5.10 Å². The molecule has 1 atom stereocenters. The van der Waals surface area contributed by atoms with Crippen LogP contribution in [0.1, 0.15) is 29.3 Å². The summed E-state index contributed by atoms with van der Waals surface area (Å²) in [4.78, 5) is 18.5. The Kier molecular flexibility index (Phi) is 6.74. The molecule has 0 saturated heterocycles. The summed E-state index contributed by atoms with van der Waals surface area (Å²) in [6, 6.07) is 21.6. The fraction of sp³-hybridized carbons (Fsp3) is 0.148. The quantitative estimate of drug-likeness (QED) is 0.232. The van der Waals surface area contributed by atoms with Crippen molar-refractivity contribution in [2.75, 3.05) is 11.9 Å². The maximum atomic E-state index is 12.9. The first-order valence-corrected chi connectivity index (χ1v) is 12.9. The van der Waals surface area contributed by atoms with E-state index in [0.29, 0.717) is 10.8 Å². The molecule has 5 nitrogen and oxygen atoms in total. The van der Waals surface area contributed by atoms with E-state index in [0.717, 1.165) is 45.6 Å². The summed E-state index contributed by atoms with van der Waals surface area (Å²) < 4.78 is 1.85. The van der Waals surface area contributed by atoms with Gasteiger partial charge in [0.1, 0.15) is 5.69 Å². The average Bonchev–Trinajstić information content (AvgIpc) is 3.64. The first-order chi connectivity index (χ1) is 16.7. The number of thioether (sulfide) groups is 1. The minimum Gasteiger partial charge on any atom is -0.335 e. The van der Waals surface area contributed by atoms with Gasteiger partial charge >= 0.3 is 0 Å². The maximum Gasteiger partial charge on any atom is 0.185 e. The molecular weight excluding hydrogens is 460 g/mol. The number of allylic oxidation sites excluding steroid dienone is 1. The van der Waals surface area contributed by atoms with Crippen LogP contribution in [0.25, 0.3) is 22.3 Å². The minimum atomic E-state index is -0.0465. The largest absolute Gasteiger partial charge is 0.335 e. The Bertz CT molecular complexity index is 1320. The van der Waals surface area contributed by atoms with Gasteiger partial charge in [-0.1, -0.05) is 43.0 Å². The van der Waals surface area contributed by atoms with Crippen LogP contribution >= 0.6 is 23.1 Å². The Hall–Kier alpha value is -3.42. The number of anilines is 1. The molecule has 0 saturated carbocycles. The minimum absolute atomic E-state index is 0.0465. The number of para-hydroxylation sites is 1. The van der Waals surface area contributed by atoms with Gasteiger partial charge in [-0.2, -0.15) is 5.10 Å². The van der Waals surface area contributed by atoms with Gasteiger partial charge in [0, 0.05) is 28.3 Å². The first kappa shape index (κ1) is 22.4. The molecule has 5 rings (SSSR count). The normalized spacial score (nSPS) is 15.6. The number of aliphatic imine (C=N–C) groups is 1. The van der Waals surface area contributed by atoms with Crippen LogP contribution in [0.4, 0.5) is 5.69 Å². The van der Waals surface area contributed by atoms with Gasteiger partial charge in [0.15, 0.2) is 11.0 Å². The summed E-state index contributed by atoms with van der Waals surface area (Å²) in [6.45, 7) is 3.04. The summed E-state index contributed by atoms with van der Waals surface area (Å²) in [7, 11) is 0. The Morgan fingerprint density at radius 1 is 1.12 bits per heavy atom. The Morgan fingerprint density at radius 3 is 2.65 bits per heavy atom. The Balaban J connectivity index is 1.33. The van der Waals surface area contributed by atoms with Crippen molar-refractivity contribution < 1.29 is 4.79 Å².